The van der Waals surface area contributed by atoms with Crippen LogP contribution < -0.4 is 10.2 Å². The molecule has 1 aliphatic heterocycles. The van der Waals surface area contributed by atoms with Gasteiger partial charge in [-0.3, -0.25) is 0 Å². The predicted octanol–water partition coefficient (Wildman–Crippen LogP) is 2.69. The first-order chi connectivity index (χ1) is 10.1. The molecule has 5 heteroatoms. The Balaban J connectivity index is 2.20. The van der Waals surface area contributed by atoms with Crippen molar-refractivity contribution in [3.63, 3.8) is 0 Å². The highest BCUT2D eigenvalue weighted by Gasteiger charge is 2.32. The zero-order valence-electron chi connectivity index (χ0n) is 13.1. The van der Waals surface area contributed by atoms with Gasteiger partial charge >= 0.3 is 0 Å². The highest BCUT2D eigenvalue weighted by Crippen LogP contribution is 2.33. The minimum atomic E-state index is -0.0236. The van der Waals surface area contributed by atoms with Gasteiger partial charge in [0, 0.05) is 43.0 Å². The van der Waals surface area contributed by atoms with E-state index in [4.69, 9.17) is 21.1 Å². The summed E-state index contributed by atoms with van der Waals surface area (Å²) in [7, 11) is 1.71. The first-order valence-corrected chi connectivity index (χ1v) is 7.76. The molecule has 1 aromatic carbocycles. The average Bonchev–Trinajstić information content (AvgIpc) is 2.44. The van der Waals surface area contributed by atoms with Crippen LogP contribution in [0, 0.1) is 0 Å². The Bertz CT molecular complexity index is 466. The van der Waals surface area contributed by atoms with Crippen LogP contribution in [0.2, 0.25) is 5.02 Å². The summed E-state index contributed by atoms with van der Waals surface area (Å²) < 4.78 is 10.7. The Morgan fingerprint density at radius 3 is 2.95 bits per heavy atom. The van der Waals surface area contributed by atoms with E-state index in [9.17, 15) is 0 Å². The Labute approximate surface area is 132 Å². The molecule has 0 radical (unpaired) electrons. The highest BCUT2D eigenvalue weighted by molar-refractivity contribution is 6.31. The lowest BCUT2D eigenvalue weighted by Gasteiger charge is -2.44. The molecule has 1 saturated heterocycles. The zero-order valence-corrected chi connectivity index (χ0v) is 13.9. The van der Waals surface area contributed by atoms with E-state index in [-0.39, 0.29) is 5.54 Å². The van der Waals surface area contributed by atoms with Gasteiger partial charge < -0.3 is 19.7 Å². The fourth-order valence-electron chi connectivity index (χ4n) is 2.67. The SMILES string of the molecule is COCCNCc1c(Cl)cccc1N1CCOCC1(C)C. The van der Waals surface area contributed by atoms with Crippen LogP contribution in [0.25, 0.3) is 0 Å². The van der Waals surface area contributed by atoms with Gasteiger partial charge in [-0.2, -0.15) is 0 Å². The minimum absolute atomic E-state index is 0.0236. The average molecular weight is 313 g/mol. The largest absolute Gasteiger partial charge is 0.383 e. The third kappa shape index (κ3) is 4.10. The molecular weight excluding hydrogens is 288 g/mol. The summed E-state index contributed by atoms with van der Waals surface area (Å²) in [4.78, 5) is 2.40. The first kappa shape index (κ1) is 16.6. The lowest BCUT2D eigenvalue weighted by Crippen LogP contribution is -2.53. The van der Waals surface area contributed by atoms with Gasteiger partial charge in [-0.1, -0.05) is 17.7 Å². The number of halogens is 1. The second kappa shape index (κ2) is 7.45. The summed E-state index contributed by atoms with van der Waals surface area (Å²) in [5, 5.41) is 4.19. The zero-order chi connectivity index (χ0) is 15.3. The van der Waals surface area contributed by atoms with Crippen LogP contribution in [0.3, 0.4) is 0 Å². The molecule has 118 valence electrons. The fraction of sp³-hybridized carbons (Fsp3) is 0.625. The molecule has 0 unspecified atom stereocenters. The summed E-state index contributed by atoms with van der Waals surface area (Å²) in [6, 6.07) is 6.11. The van der Waals surface area contributed by atoms with Gasteiger partial charge in [-0.15, -0.1) is 0 Å². The second-order valence-corrected chi connectivity index (χ2v) is 6.33. The van der Waals surface area contributed by atoms with Crippen molar-refractivity contribution >= 4 is 17.3 Å². The smallest absolute Gasteiger partial charge is 0.0694 e. The van der Waals surface area contributed by atoms with Crippen molar-refractivity contribution in [1.82, 2.24) is 5.32 Å². The van der Waals surface area contributed by atoms with E-state index < -0.39 is 0 Å². The van der Waals surface area contributed by atoms with Crippen molar-refractivity contribution in [2.24, 2.45) is 0 Å². The molecule has 1 fully saturated rings. The van der Waals surface area contributed by atoms with Crippen LogP contribution in [-0.2, 0) is 16.0 Å². The maximum atomic E-state index is 6.43. The van der Waals surface area contributed by atoms with E-state index in [1.165, 1.54) is 5.69 Å². The van der Waals surface area contributed by atoms with E-state index in [0.717, 1.165) is 43.4 Å². The van der Waals surface area contributed by atoms with Crippen LogP contribution in [0.1, 0.15) is 19.4 Å². The molecule has 1 aromatic rings. The van der Waals surface area contributed by atoms with E-state index >= 15 is 0 Å². The molecule has 0 amide bonds. The van der Waals surface area contributed by atoms with Gasteiger partial charge in [0.25, 0.3) is 0 Å². The Kier molecular flexibility index (Phi) is 5.88. The van der Waals surface area contributed by atoms with Crippen LogP contribution in [-0.4, -0.2) is 45.6 Å². The van der Waals surface area contributed by atoms with Crippen molar-refractivity contribution in [2.75, 3.05) is 44.9 Å². The Hall–Kier alpha value is -0.810. The standard InChI is InChI=1S/C16H25ClN2O2/c1-16(2)12-21-10-8-19(16)15-6-4-5-14(17)13(15)11-18-7-9-20-3/h4-6,18H,7-12H2,1-3H3. The van der Waals surface area contributed by atoms with Crippen molar-refractivity contribution < 1.29 is 9.47 Å². The minimum Gasteiger partial charge on any atom is -0.383 e. The summed E-state index contributed by atoms with van der Waals surface area (Å²) in [6.07, 6.45) is 0. The third-order valence-electron chi connectivity index (χ3n) is 3.81. The van der Waals surface area contributed by atoms with Gasteiger partial charge in [-0.05, 0) is 26.0 Å². The van der Waals surface area contributed by atoms with E-state index in [0.29, 0.717) is 6.61 Å². The van der Waals surface area contributed by atoms with Crippen molar-refractivity contribution in [2.45, 2.75) is 25.9 Å². The molecule has 21 heavy (non-hydrogen) atoms. The Morgan fingerprint density at radius 2 is 2.24 bits per heavy atom. The van der Waals surface area contributed by atoms with Crippen LogP contribution >= 0.6 is 11.6 Å². The number of morpholine rings is 1. The number of hydrogen-bond acceptors (Lipinski definition) is 4. The van der Waals surface area contributed by atoms with Gasteiger partial charge in [-0.25, -0.2) is 0 Å². The van der Waals surface area contributed by atoms with E-state index in [2.05, 4.69) is 30.1 Å². The highest BCUT2D eigenvalue weighted by atomic mass is 35.5. The van der Waals surface area contributed by atoms with Gasteiger partial charge in [0.1, 0.15) is 0 Å². The lowest BCUT2D eigenvalue weighted by atomic mass is 9.99. The van der Waals surface area contributed by atoms with E-state index in [1.807, 2.05) is 12.1 Å². The third-order valence-corrected chi connectivity index (χ3v) is 4.17. The molecule has 0 bridgehead atoms. The first-order valence-electron chi connectivity index (χ1n) is 7.38. The van der Waals surface area contributed by atoms with Crippen molar-refractivity contribution in [3.8, 4) is 0 Å². The molecule has 0 aromatic heterocycles. The quantitative estimate of drug-likeness (QED) is 0.819. The molecule has 1 aliphatic rings. The van der Waals surface area contributed by atoms with E-state index in [1.54, 1.807) is 7.11 Å². The number of anilines is 1. The maximum Gasteiger partial charge on any atom is 0.0694 e. The van der Waals surface area contributed by atoms with Crippen LogP contribution in [0.15, 0.2) is 18.2 Å². The predicted molar refractivity (Wildman–Crippen MR) is 87.3 cm³/mol. The van der Waals surface area contributed by atoms with Crippen molar-refractivity contribution in [3.05, 3.63) is 28.8 Å². The Morgan fingerprint density at radius 1 is 1.43 bits per heavy atom. The fourth-order valence-corrected chi connectivity index (χ4v) is 2.90. The molecule has 4 nitrogen and oxygen atoms in total. The van der Waals surface area contributed by atoms with Gasteiger partial charge in [0.2, 0.25) is 0 Å². The number of nitrogens with zero attached hydrogens (tertiary/aromatic N) is 1. The van der Waals surface area contributed by atoms with Crippen LogP contribution in [0.5, 0.6) is 0 Å². The number of ether oxygens (including phenoxy) is 2. The molecule has 0 aliphatic carbocycles. The number of rotatable bonds is 6. The molecule has 1 heterocycles. The maximum absolute atomic E-state index is 6.43. The molecule has 1 N–H and O–H groups in total. The molecule has 2 rings (SSSR count). The molecule has 0 spiro atoms. The van der Waals surface area contributed by atoms with Crippen LogP contribution in [0.4, 0.5) is 5.69 Å². The summed E-state index contributed by atoms with van der Waals surface area (Å²) in [5.41, 5.74) is 2.32. The normalized spacial score (nSPS) is 18.0. The lowest BCUT2D eigenvalue weighted by molar-refractivity contribution is 0.0643. The number of hydrogen-bond donors (Lipinski definition) is 1. The number of benzene rings is 1. The summed E-state index contributed by atoms with van der Waals surface area (Å²) >= 11 is 6.43. The summed E-state index contributed by atoms with van der Waals surface area (Å²) in [5.74, 6) is 0. The summed E-state index contributed by atoms with van der Waals surface area (Å²) in [6.45, 7) is 9.04. The number of nitrogens with one attached hydrogen (secondary N) is 1. The number of methoxy groups -OCH3 is 1. The molecule has 0 saturated carbocycles. The van der Waals surface area contributed by atoms with Gasteiger partial charge in [0.05, 0.1) is 25.4 Å². The monoisotopic (exact) mass is 312 g/mol. The van der Waals surface area contributed by atoms with Crippen molar-refractivity contribution in [1.29, 1.82) is 0 Å². The molecule has 0 atom stereocenters. The second-order valence-electron chi connectivity index (χ2n) is 5.92. The topological polar surface area (TPSA) is 33.7 Å². The van der Waals surface area contributed by atoms with Gasteiger partial charge in [0.15, 0.2) is 0 Å². The molecular formula is C16H25ClN2O2.